The molecule has 2 aliphatic rings. The van der Waals surface area contributed by atoms with Gasteiger partial charge in [-0.3, -0.25) is 0 Å². The predicted molar refractivity (Wildman–Crippen MR) is 89.7 cm³/mol. The minimum atomic E-state index is 1.14. The second-order valence-corrected chi connectivity index (χ2v) is 4.53. The first-order valence-corrected chi connectivity index (χ1v) is 7.04. The van der Waals surface area contributed by atoms with E-state index in [2.05, 4.69) is 97.1 Å². The average molecular weight is 260 g/mol. The SMILES string of the molecule is C1=CCC=C1.C1=CCC=C1.c1ccc2ccccc2c1. The molecule has 0 saturated heterocycles. The van der Waals surface area contributed by atoms with Gasteiger partial charge in [0.15, 0.2) is 0 Å². The van der Waals surface area contributed by atoms with Crippen LogP contribution in [0, 0.1) is 0 Å². The van der Waals surface area contributed by atoms with Crippen LogP contribution in [0.1, 0.15) is 12.8 Å². The predicted octanol–water partition coefficient (Wildman–Crippen LogP) is 5.84. The molecule has 4 rings (SSSR count). The van der Waals surface area contributed by atoms with Crippen molar-refractivity contribution in [3.05, 3.63) is 97.1 Å². The maximum Gasteiger partial charge on any atom is -0.0163 e. The second-order valence-electron chi connectivity index (χ2n) is 4.53. The lowest BCUT2D eigenvalue weighted by Gasteiger charge is -1.92. The summed E-state index contributed by atoms with van der Waals surface area (Å²) in [7, 11) is 0. The average Bonchev–Trinajstić information content (AvgIpc) is 3.25. The third-order valence-corrected chi connectivity index (χ3v) is 2.97. The van der Waals surface area contributed by atoms with E-state index in [1.165, 1.54) is 10.8 Å². The van der Waals surface area contributed by atoms with E-state index in [4.69, 9.17) is 0 Å². The molecule has 2 aromatic rings. The minimum absolute atomic E-state index is 1.14. The van der Waals surface area contributed by atoms with Crippen LogP contribution < -0.4 is 0 Å². The van der Waals surface area contributed by atoms with Crippen LogP contribution in [0.4, 0.5) is 0 Å². The van der Waals surface area contributed by atoms with Crippen LogP contribution >= 0.6 is 0 Å². The molecule has 0 unspecified atom stereocenters. The van der Waals surface area contributed by atoms with Crippen molar-refractivity contribution in [3.63, 3.8) is 0 Å². The van der Waals surface area contributed by atoms with Gasteiger partial charge in [-0.05, 0) is 23.6 Å². The Bertz CT molecular complexity index is 520. The molecular formula is C20H20. The first kappa shape index (κ1) is 14.1. The summed E-state index contributed by atoms with van der Waals surface area (Å²) in [5, 5.41) is 2.62. The van der Waals surface area contributed by atoms with Gasteiger partial charge in [-0.1, -0.05) is 97.1 Å². The first-order valence-electron chi connectivity index (χ1n) is 7.04. The lowest BCUT2D eigenvalue weighted by Crippen LogP contribution is -1.67. The van der Waals surface area contributed by atoms with Gasteiger partial charge in [-0.15, -0.1) is 0 Å². The molecule has 0 saturated carbocycles. The van der Waals surface area contributed by atoms with E-state index in [-0.39, 0.29) is 0 Å². The van der Waals surface area contributed by atoms with Gasteiger partial charge in [0.2, 0.25) is 0 Å². The molecule has 0 radical (unpaired) electrons. The molecule has 0 spiro atoms. The molecule has 20 heavy (non-hydrogen) atoms. The minimum Gasteiger partial charge on any atom is -0.0808 e. The van der Waals surface area contributed by atoms with E-state index in [1.54, 1.807) is 0 Å². The van der Waals surface area contributed by atoms with Crippen LogP contribution in [0.3, 0.4) is 0 Å². The van der Waals surface area contributed by atoms with Crippen molar-refractivity contribution >= 4 is 10.8 Å². The largest absolute Gasteiger partial charge is 0.0808 e. The molecule has 0 heteroatoms. The molecule has 0 aliphatic heterocycles. The highest BCUT2D eigenvalue weighted by molar-refractivity contribution is 5.81. The van der Waals surface area contributed by atoms with Gasteiger partial charge in [-0.25, -0.2) is 0 Å². The summed E-state index contributed by atoms with van der Waals surface area (Å²) in [4.78, 5) is 0. The maximum absolute atomic E-state index is 2.12. The molecule has 2 aromatic carbocycles. The summed E-state index contributed by atoms with van der Waals surface area (Å²) >= 11 is 0. The van der Waals surface area contributed by atoms with Gasteiger partial charge in [-0.2, -0.15) is 0 Å². The fourth-order valence-electron chi connectivity index (χ4n) is 1.92. The molecule has 0 fully saturated rings. The van der Waals surface area contributed by atoms with Gasteiger partial charge in [0.05, 0.1) is 0 Å². The van der Waals surface area contributed by atoms with E-state index < -0.39 is 0 Å². The Hall–Kier alpha value is -2.34. The highest BCUT2D eigenvalue weighted by Gasteiger charge is 1.85. The Morgan fingerprint density at radius 2 is 0.750 bits per heavy atom. The van der Waals surface area contributed by atoms with Gasteiger partial charge in [0.1, 0.15) is 0 Å². The lowest BCUT2D eigenvalue weighted by atomic mass is 10.1. The number of fused-ring (bicyclic) bond motifs is 1. The normalized spacial score (nSPS) is 13.8. The van der Waals surface area contributed by atoms with E-state index in [9.17, 15) is 0 Å². The fraction of sp³-hybridized carbons (Fsp3) is 0.100. The van der Waals surface area contributed by atoms with Crippen molar-refractivity contribution in [1.29, 1.82) is 0 Å². The monoisotopic (exact) mass is 260 g/mol. The molecule has 0 aromatic heterocycles. The Labute approximate surface area is 121 Å². The summed E-state index contributed by atoms with van der Waals surface area (Å²) < 4.78 is 0. The van der Waals surface area contributed by atoms with Crippen LogP contribution in [0.2, 0.25) is 0 Å². The fourth-order valence-corrected chi connectivity index (χ4v) is 1.92. The number of rotatable bonds is 0. The first-order chi connectivity index (χ1) is 9.97. The van der Waals surface area contributed by atoms with Crippen LogP contribution in [0.15, 0.2) is 97.1 Å². The maximum atomic E-state index is 2.12. The number of benzene rings is 2. The number of allylic oxidation sites excluding steroid dienone is 8. The molecule has 0 nitrogen and oxygen atoms in total. The van der Waals surface area contributed by atoms with Crippen molar-refractivity contribution in [3.8, 4) is 0 Å². The summed E-state index contributed by atoms with van der Waals surface area (Å²) in [5.41, 5.74) is 0. The summed E-state index contributed by atoms with van der Waals surface area (Å²) in [5.74, 6) is 0. The van der Waals surface area contributed by atoms with Crippen molar-refractivity contribution in [1.82, 2.24) is 0 Å². The Kier molecular flexibility index (Phi) is 6.13. The smallest absolute Gasteiger partial charge is 0.0163 e. The van der Waals surface area contributed by atoms with E-state index in [0.717, 1.165) is 12.8 Å². The third-order valence-electron chi connectivity index (χ3n) is 2.97. The van der Waals surface area contributed by atoms with Gasteiger partial charge in [0.25, 0.3) is 0 Å². The standard InChI is InChI=1S/C10H8.2C5H6/c1-2-6-10-8-4-3-7-9(10)5-1;2*1-2-4-5-3-1/h1-8H;2*1-4H,5H2. The zero-order valence-corrected chi connectivity index (χ0v) is 11.7. The highest BCUT2D eigenvalue weighted by Crippen LogP contribution is 2.11. The molecule has 0 N–H and O–H groups in total. The van der Waals surface area contributed by atoms with Crippen molar-refractivity contribution in [2.24, 2.45) is 0 Å². The molecule has 0 atom stereocenters. The summed E-state index contributed by atoms with van der Waals surface area (Å²) in [6.45, 7) is 0. The molecule has 100 valence electrons. The van der Waals surface area contributed by atoms with Crippen molar-refractivity contribution in [2.75, 3.05) is 0 Å². The van der Waals surface area contributed by atoms with Crippen LogP contribution in [-0.4, -0.2) is 0 Å². The van der Waals surface area contributed by atoms with E-state index >= 15 is 0 Å². The van der Waals surface area contributed by atoms with Crippen LogP contribution in [0.5, 0.6) is 0 Å². The molecule has 0 bridgehead atoms. The van der Waals surface area contributed by atoms with Crippen LogP contribution in [0.25, 0.3) is 10.8 Å². The lowest BCUT2D eigenvalue weighted by molar-refractivity contribution is 1.45. The van der Waals surface area contributed by atoms with Gasteiger partial charge in [0, 0.05) is 0 Å². The molecule has 0 heterocycles. The number of hydrogen-bond acceptors (Lipinski definition) is 0. The van der Waals surface area contributed by atoms with Crippen molar-refractivity contribution in [2.45, 2.75) is 12.8 Å². The topological polar surface area (TPSA) is 0 Å². The zero-order chi connectivity index (χ0) is 13.9. The van der Waals surface area contributed by atoms with Gasteiger partial charge >= 0.3 is 0 Å². The van der Waals surface area contributed by atoms with Crippen molar-refractivity contribution < 1.29 is 0 Å². The van der Waals surface area contributed by atoms with E-state index in [0.29, 0.717) is 0 Å². The summed E-state index contributed by atoms with van der Waals surface area (Å²) in [6, 6.07) is 16.7. The highest BCUT2D eigenvalue weighted by atomic mass is 13.9. The quantitative estimate of drug-likeness (QED) is 0.557. The molecular weight excluding hydrogens is 240 g/mol. The number of hydrogen-bond donors (Lipinski definition) is 0. The third kappa shape index (κ3) is 5.11. The Balaban J connectivity index is 0.000000124. The van der Waals surface area contributed by atoms with E-state index in [1.807, 2.05) is 0 Å². The molecule has 2 aliphatic carbocycles. The van der Waals surface area contributed by atoms with Crippen LogP contribution in [-0.2, 0) is 0 Å². The zero-order valence-electron chi connectivity index (χ0n) is 11.7. The Morgan fingerprint density at radius 3 is 0.950 bits per heavy atom. The van der Waals surface area contributed by atoms with Gasteiger partial charge < -0.3 is 0 Å². The Morgan fingerprint density at radius 1 is 0.450 bits per heavy atom. The second kappa shape index (κ2) is 8.71. The summed E-state index contributed by atoms with van der Waals surface area (Å²) in [6.07, 6.45) is 19.0. The molecule has 0 amide bonds.